The van der Waals surface area contributed by atoms with Crippen molar-refractivity contribution >= 4 is 27.5 Å². The predicted octanol–water partition coefficient (Wildman–Crippen LogP) is 1.80. The third-order valence-corrected chi connectivity index (χ3v) is 2.74. The van der Waals surface area contributed by atoms with Gasteiger partial charge in [-0.3, -0.25) is 4.79 Å². The molecule has 3 N–H and O–H groups in total. The lowest BCUT2D eigenvalue weighted by molar-refractivity contribution is 0.0905. The minimum atomic E-state index is -0.134. The number of rotatable bonds is 4. The molecule has 1 aromatic carbocycles. The van der Waals surface area contributed by atoms with Crippen LogP contribution in [0.25, 0.3) is 0 Å². The Balaban J connectivity index is 2.69. The number of nitrogens with two attached hydrogens (primary N) is 1. The smallest absolute Gasteiger partial charge is 0.251 e. The summed E-state index contributed by atoms with van der Waals surface area (Å²) in [6.07, 6.45) is 0. The number of nitrogens with one attached hydrogen (secondary N) is 1. The summed E-state index contributed by atoms with van der Waals surface area (Å²) in [6, 6.07) is 5.06. The summed E-state index contributed by atoms with van der Waals surface area (Å²) in [4.78, 5) is 11.8. The number of hydrogen-bond donors (Lipinski definition) is 2. The summed E-state index contributed by atoms with van der Waals surface area (Å²) in [5.41, 5.74) is 6.82. The van der Waals surface area contributed by atoms with Gasteiger partial charge in [-0.1, -0.05) is 0 Å². The number of carbonyl (C=O) groups is 1. The van der Waals surface area contributed by atoms with Crippen molar-refractivity contribution in [3.63, 3.8) is 0 Å². The van der Waals surface area contributed by atoms with Gasteiger partial charge >= 0.3 is 0 Å². The Hall–Kier alpha value is -1.07. The molecule has 0 aliphatic rings. The maximum atomic E-state index is 11.8. The van der Waals surface area contributed by atoms with Crippen LogP contribution in [0.1, 0.15) is 17.3 Å². The van der Waals surface area contributed by atoms with Crippen LogP contribution in [0, 0.1) is 0 Å². The monoisotopic (exact) mass is 286 g/mol. The van der Waals surface area contributed by atoms with Gasteiger partial charge in [-0.2, -0.15) is 0 Å². The van der Waals surface area contributed by atoms with Gasteiger partial charge in [0, 0.05) is 28.9 Å². The highest BCUT2D eigenvalue weighted by Crippen LogP contribution is 2.20. The molecule has 0 heterocycles. The van der Waals surface area contributed by atoms with Crippen LogP contribution in [0.2, 0.25) is 0 Å². The van der Waals surface area contributed by atoms with E-state index in [0.29, 0.717) is 17.9 Å². The first-order valence-corrected chi connectivity index (χ1v) is 5.68. The van der Waals surface area contributed by atoms with Crippen LogP contribution in [-0.2, 0) is 4.74 Å². The van der Waals surface area contributed by atoms with Gasteiger partial charge in [-0.15, -0.1) is 0 Å². The number of nitrogen functional groups attached to an aromatic ring is 1. The van der Waals surface area contributed by atoms with Crippen molar-refractivity contribution in [1.82, 2.24) is 5.32 Å². The van der Waals surface area contributed by atoms with Gasteiger partial charge in [-0.25, -0.2) is 0 Å². The number of methoxy groups -OCH3 is 1. The fraction of sp³-hybridized carbons (Fsp3) is 0.364. The first-order chi connectivity index (χ1) is 7.54. The van der Waals surface area contributed by atoms with E-state index < -0.39 is 0 Å². The fourth-order valence-electron chi connectivity index (χ4n) is 1.27. The molecule has 1 rings (SSSR count). The number of benzene rings is 1. The third kappa shape index (κ3) is 3.50. The van der Waals surface area contributed by atoms with E-state index in [1.807, 2.05) is 6.92 Å². The number of amides is 1. The van der Waals surface area contributed by atoms with Crippen molar-refractivity contribution in [3.8, 4) is 0 Å². The summed E-state index contributed by atoms with van der Waals surface area (Å²) in [5, 5.41) is 2.82. The Morgan fingerprint density at radius 1 is 1.62 bits per heavy atom. The molecule has 0 saturated carbocycles. The third-order valence-electron chi connectivity index (χ3n) is 2.06. The first kappa shape index (κ1) is 13.0. The van der Waals surface area contributed by atoms with Crippen molar-refractivity contribution < 1.29 is 9.53 Å². The Morgan fingerprint density at radius 3 is 2.88 bits per heavy atom. The molecule has 16 heavy (non-hydrogen) atoms. The van der Waals surface area contributed by atoms with Crippen LogP contribution >= 0.6 is 15.9 Å². The molecule has 5 heteroatoms. The number of halogens is 1. The normalized spacial score (nSPS) is 12.2. The molecule has 0 aliphatic heterocycles. The number of hydrogen-bond acceptors (Lipinski definition) is 3. The molecule has 0 bridgehead atoms. The summed E-state index contributed by atoms with van der Waals surface area (Å²) < 4.78 is 5.66. The van der Waals surface area contributed by atoms with Gasteiger partial charge < -0.3 is 15.8 Å². The maximum Gasteiger partial charge on any atom is 0.251 e. The lowest BCUT2D eigenvalue weighted by atomic mass is 10.2. The zero-order valence-corrected chi connectivity index (χ0v) is 10.9. The van der Waals surface area contributed by atoms with Crippen LogP contribution in [0.5, 0.6) is 0 Å². The van der Waals surface area contributed by atoms with E-state index >= 15 is 0 Å². The molecule has 1 amide bonds. The van der Waals surface area contributed by atoms with E-state index in [1.54, 1.807) is 25.3 Å². The Labute approximate surface area is 103 Å². The van der Waals surface area contributed by atoms with Crippen LogP contribution in [0.4, 0.5) is 5.69 Å². The second kappa shape index (κ2) is 5.86. The second-order valence-corrected chi connectivity index (χ2v) is 4.42. The van der Waals surface area contributed by atoms with Gasteiger partial charge in [-0.05, 0) is 41.1 Å². The molecule has 1 aromatic rings. The Bertz CT molecular complexity index is 382. The van der Waals surface area contributed by atoms with E-state index in [1.165, 1.54) is 0 Å². The molecule has 0 saturated heterocycles. The van der Waals surface area contributed by atoms with Crippen molar-refractivity contribution in [3.05, 3.63) is 28.2 Å². The van der Waals surface area contributed by atoms with Gasteiger partial charge in [0.15, 0.2) is 0 Å². The second-order valence-electron chi connectivity index (χ2n) is 3.57. The van der Waals surface area contributed by atoms with Crippen LogP contribution < -0.4 is 11.1 Å². The van der Waals surface area contributed by atoms with E-state index in [0.717, 1.165) is 4.47 Å². The summed E-state index contributed by atoms with van der Waals surface area (Å²) in [7, 11) is 1.60. The zero-order valence-electron chi connectivity index (χ0n) is 9.29. The SMILES string of the molecule is COCC(C)NC(=O)c1ccc(N)c(Br)c1. The van der Waals surface area contributed by atoms with Crippen molar-refractivity contribution in [2.45, 2.75) is 13.0 Å². The fourth-order valence-corrected chi connectivity index (χ4v) is 1.65. The highest BCUT2D eigenvalue weighted by molar-refractivity contribution is 9.10. The van der Waals surface area contributed by atoms with E-state index in [-0.39, 0.29) is 11.9 Å². The van der Waals surface area contributed by atoms with Gasteiger partial charge in [0.1, 0.15) is 0 Å². The van der Waals surface area contributed by atoms with Gasteiger partial charge in [0.25, 0.3) is 5.91 Å². The summed E-state index contributed by atoms with van der Waals surface area (Å²) in [6.45, 7) is 2.37. The molecule has 0 aromatic heterocycles. The number of anilines is 1. The highest BCUT2D eigenvalue weighted by Gasteiger charge is 2.10. The molecular weight excluding hydrogens is 272 g/mol. The molecule has 0 aliphatic carbocycles. The van der Waals surface area contributed by atoms with Crippen LogP contribution in [-0.4, -0.2) is 25.7 Å². The largest absolute Gasteiger partial charge is 0.398 e. The zero-order chi connectivity index (χ0) is 12.1. The first-order valence-electron chi connectivity index (χ1n) is 4.89. The van der Waals surface area contributed by atoms with E-state index in [4.69, 9.17) is 10.5 Å². The summed E-state index contributed by atoms with van der Waals surface area (Å²) >= 11 is 3.28. The molecule has 0 spiro atoms. The van der Waals surface area contributed by atoms with Gasteiger partial charge in [0.2, 0.25) is 0 Å². The molecule has 0 fully saturated rings. The molecular formula is C11H15BrN2O2. The average Bonchev–Trinajstić information content (AvgIpc) is 2.22. The topological polar surface area (TPSA) is 64.3 Å². The van der Waals surface area contributed by atoms with Gasteiger partial charge in [0.05, 0.1) is 6.61 Å². The van der Waals surface area contributed by atoms with Crippen LogP contribution in [0.3, 0.4) is 0 Å². The number of carbonyl (C=O) groups excluding carboxylic acids is 1. The lowest BCUT2D eigenvalue weighted by Crippen LogP contribution is -2.35. The van der Waals surface area contributed by atoms with Crippen molar-refractivity contribution in [2.24, 2.45) is 0 Å². The minimum absolute atomic E-state index is 0.0196. The standard InChI is InChI=1S/C11H15BrN2O2/c1-7(6-16-2)14-11(15)8-3-4-10(13)9(12)5-8/h3-5,7H,6,13H2,1-2H3,(H,14,15). The minimum Gasteiger partial charge on any atom is -0.398 e. The van der Waals surface area contributed by atoms with E-state index in [2.05, 4.69) is 21.2 Å². The lowest BCUT2D eigenvalue weighted by Gasteiger charge is -2.13. The van der Waals surface area contributed by atoms with Crippen molar-refractivity contribution in [2.75, 3.05) is 19.5 Å². The maximum absolute atomic E-state index is 11.8. The molecule has 88 valence electrons. The van der Waals surface area contributed by atoms with Crippen molar-refractivity contribution in [1.29, 1.82) is 0 Å². The van der Waals surface area contributed by atoms with Crippen LogP contribution in [0.15, 0.2) is 22.7 Å². The molecule has 0 radical (unpaired) electrons. The molecule has 1 atom stereocenters. The molecule has 4 nitrogen and oxygen atoms in total. The van der Waals surface area contributed by atoms with E-state index in [9.17, 15) is 4.79 Å². The highest BCUT2D eigenvalue weighted by atomic mass is 79.9. The Kier molecular flexibility index (Phi) is 4.76. The average molecular weight is 287 g/mol. The predicted molar refractivity (Wildman–Crippen MR) is 67.4 cm³/mol. The number of ether oxygens (including phenoxy) is 1. The quantitative estimate of drug-likeness (QED) is 0.830. The molecule has 1 unspecified atom stereocenters. The Morgan fingerprint density at radius 2 is 2.31 bits per heavy atom. The summed E-state index contributed by atoms with van der Waals surface area (Å²) in [5.74, 6) is -0.134.